The predicted octanol–water partition coefficient (Wildman–Crippen LogP) is 4.05. The van der Waals surface area contributed by atoms with E-state index in [2.05, 4.69) is 45.1 Å². The van der Waals surface area contributed by atoms with Gasteiger partial charge in [0.05, 0.1) is 0 Å². The van der Waals surface area contributed by atoms with E-state index in [0.717, 1.165) is 18.0 Å². The average molecular weight is 280 g/mol. The van der Waals surface area contributed by atoms with E-state index in [0.29, 0.717) is 11.5 Å². The Bertz CT molecular complexity index is 290. The van der Waals surface area contributed by atoms with Gasteiger partial charge in [0.1, 0.15) is 0 Å². The molecule has 0 aromatic heterocycles. The molecule has 0 aromatic carbocycles. The monoisotopic (exact) mass is 280 g/mol. The standard InChI is InChI=1S/C18H36N2/c1-6-14-7-8-16(19-4)17(13-14)20(5)15-9-11-18(2,3)12-10-15/h14-17,19H,6-13H2,1-5H3. The van der Waals surface area contributed by atoms with Gasteiger partial charge in [-0.1, -0.05) is 27.2 Å². The average Bonchev–Trinajstić information content (AvgIpc) is 2.45. The van der Waals surface area contributed by atoms with Crippen LogP contribution in [0.25, 0.3) is 0 Å². The molecule has 0 heterocycles. The van der Waals surface area contributed by atoms with Crippen LogP contribution in [0.3, 0.4) is 0 Å². The molecule has 0 spiro atoms. The summed E-state index contributed by atoms with van der Waals surface area (Å²) in [5, 5.41) is 3.59. The number of likely N-dealkylation sites (N-methyl/N-ethyl adjacent to an activating group) is 2. The van der Waals surface area contributed by atoms with Crippen LogP contribution in [0.15, 0.2) is 0 Å². The molecule has 2 aliphatic rings. The van der Waals surface area contributed by atoms with Crippen molar-refractivity contribution in [3.8, 4) is 0 Å². The molecular weight excluding hydrogens is 244 g/mol. The molecule has 0 radical (unpaired) electrons. The molecule has 2 fully saturated rings. The van der Waals surface area contributed by atoms with E-state index >= 15 is 0 Å². The molecule has 2 nitrogen and oxygen atoms in total. The Labute approximate surface area is 126 Å². The van der Waals surface area contributed by atoms with E-state index in [1.807, 2.05) is 0 Å². The molecule has 118 valence electrons. The molecule has 0 aromatic rings. The van der Waals surface area contributed by atoms with Crippen molar-refractivity contribution in [3.63, 3.8) is 0 Å². The maximum Gasteiger partial charge on any atom is 0.0251 e. The fourth-order valence-electron chi connectivity index (χ4n) is 4.45. The van der Waals surface area contributed by atoms with Crippen LogP contribution in [0.4, 0.5) is 0 Å². The van der Waals surface area contributed by atoms with Crippen molar-refractivity contribution in [1.82, 2.24) is 10.2 Å². The van der Waals surface area contributed by atoms with E-state index in [1.165, 1.54) is 51.4 Å². The minimum Gasteiger partial charge on any atom is -0.315 e. The minimum absolute atomic E-state index is 0.582. The second-order valence-electron chi connectivity index (χ2n) is 8.11. The van der Waals surface area contributed by atoms with E-state index in [-0.39, 0.29) is 0 Å². The predicted molar refractivity (Wildman–Crippen MR) is 88.1 cm³/mol. The SMILES string of the molecule is CCC1CCC(NC)C(N(C)C2CCC(C)(C)CC2)C1. The Kier molecular flexibility index (Phi) is 5.53. The topological polar surface area (TPSA) is 15.3 Å². The molecule has 3 atom stereocenters. The van der Waals surface area contributed by atoms with Crippen LogP contribution in [-0.4, -0.2) is 37.1 Å². The summed E-state index contributed by atoms with van der Waals surface area (Å²) in [7, 11) is 4.55. The third kappa shape index (κ3) is 3.76. The van der Waals surface area contributed by atoms with Gasteiger partial charge in [0, 0.05) is 18.1 Å². The highest BCUT2D eigenvalue weighted by molar-refractivity contribution is 4.93. The smallest absolute Gasteiger partial charge is 0.0251 e. The van der Waals surface area contributed by atoms with Gasteiger partial charge in [0.15, 0.2) is 0 Å². The summed E-state index contributed by atoms with van der Waals surface area (Å²) in [5.74, 6) is 0.951. The van der Waals surface area contributed by atoms with Crippen LogP contribution in [-0.2, 0) is 0 Å². The molecule has 0 aliphatic heterocycles. The van der Waals surface area contributed by atoms with E-state index in [4.69, 9.17) is 0 Å². The van der Waals surface area contributed by atoms with Gasteiger partial charge in [-0.2, -0.15) is 0 Å². The van der Waals surface area contributed by atoms with Crippen LogP contribution in [0.1, 0.15) is 72.1 Å². The lowest BCUT2D eigenvalue weighted by molar-refractivity contribution is 0.0489. The zero-order valence-electron chi connectivity index (χ0n) is 14.4. The van der Waals surface area contributed by atoms with Gasteiger partial charge >= 0.3 is 0 Å². The van der Waals surface area contributed by atoms with Crippen LogP contribution >= 0.6 is 0 Å². The van der Waals surface area contributed by atoms with Crippen molar-refractivity contribution in [3.05, 3.63) is 0 Å². The first-order valence-corrected chi connectivity index (χ1v) is 8.86. The van der Waals surface area contributed by atoms with Gasteiger partial charge in [-0.15, -0.1) is 0 Å². The van der Waals surface area contributed by atoms with Gasteiger partial charge in [0.2, 0.25) is 0 Å². The largest absolute Gasteiger partial charge is 0.315 e. The molecule has 2 aliphatic carbocycles. The highest BCUT2D eigenvalue weighted by Crippen LogP contribution is 2.39. The maximum atomic E-state index is 3.59. The molecule has 3 unspecified atom stereocenters. The summed E-state index contributed by atoms with van der Waals surface area (Å²) in [4.78, 5) is 2.75. The van der Waals surface area contributed by atoms with Crippen LogP contribution in [0, 0.1) is 11.3 Å². The quantitative estimate of drug-likeness (QED) is 0.835. The van der Waals surface area contributed by atoms with Crippen LogP contribution in [0.5, 0.6) is 0 Å². The summed E-state index contributed by atoms with van der Waals surface area (Å²) in [5.41, 5.74) is 0.582. The molecule has 0 bridgehead atoms. The fraction of sp³-hybridized carbons (Fsp3) is 1.00. The maximum absolute atomic E-state index is 3.59. The summed E-state index contributed by atoms with van der Waals surface area (Å²) in [6.45, 7) is 7.24. The third-order valence-electron chi connectivity index (χ3n) is 6.28. The van der Waals surface area contributed by atoms with Crippen molar-refractivity contribution < 1.29 is 0 Å². The molecule has 20 heavy (non-hydrogen) atoms. The summed E-state index contributed by atoms with van der Waals surface area (Å²) >= 11 is 0. The second kappa shape index (κ2) is 6.79. The zero-order valence-corrected chi connectivity index (χ0v) is 14.4. The van der Waals surface area contributed by atoms with Gasteiger partial charge in [0.25, 0.3) is 0 Å². The Morgan fingerprint density at radius 2 is 1.75 bits per heavy atom. The lowest BCUT2D eigenvalue weighted by Crippen LogP contribution is -2.54. The highest BCUT2D eigenvalue weighted by Gasteiger charge is 2.36. The summed E-state index contributed by atoms with van der Waals surface area (Å²) in [6.07, 6.45) is 11.1. The van der Waals surface area contributed by atoms with Gasteiger partial charge < -0.3 is 5.32 Å². The Balaban J connectivity index is 1.96. The van der Waals surface area contributed by atoms with Crippen molar-refractivity contribution in [2.45, 2.75) is 90.3 Å². The second-order valence-corrected chi connectivity index (χ2v) is 8.11. The van der Waals surface area contributed by atoms with Gasteiger partial charge in [-0.3, -0.25) is 4.90 Å². The van der Waals surface area contributed by atoms with Crippen molar-refractivity contribution >= 4 is 0 Å². The lowest BCUT2D eigenvalue weighted by Gasteiger charge is -2.47. The molecule has 2 heteroatoms. The van der Waals surface area contributed by atoms with Crippen LogP contribution in [0.2, 0.25) is 0 Å². The number of rotatable bonds is 4. The fourth-order valence-corrected chi connectivity index (χ4v) is 4.45. The lowest BCUT2D eigenvalue weighted by atomic mass is 9.74. The molecular formula is C18H36N2. The van der Waals surface area contributed by atoms with Crippen molar-refractivity contribution in [1.29, 1.82) is 0 Å². The van der Waals surface area contributed by atoms with Gasteiger partial charge in [-0.05, 0) is 70.4 Å². The van der Waals surface area contributed by atoms with Crippen LogP contribution < -0.4 is 5.32 Å². The molecule has 2 saturated carbocycles. The van der Waals surface area contributed by atoms with Crippen molar-refractivity contribution in [2.75, 3.05) is 14.1 Å². The first-order valence-electron chi connectivity index (χ1n) is 8.86. The summed E-state index contributed by atoms with van der Waals surface area (Å²) in [6, 6.07) is 2.28. The normalized spacial score (nSPS) is 35.4. The Morgan fingerprint density at radius 1 is 1.10 bits per heavy atom. The molecule has 0 amide bonds. The van der Waals surface area contributed by atoms with E-state index in [1.54, 1.807) is 0 Å². The number of nitrogens with zero attached hydrogens (tertiary/aromatic N) is 1. The Hall–Kier alpha value is -0.0800. The number of hydrogen-bond acceptors (Lipinski definition) is 2. The van der Waals surface area contributed by atoms with Gasteiger partial charge in [-0.25, -0.2) is 0 Å². The summed E-state index contributed by atoms with van der Waals surface area (Å²) < 4.78 is 0. The van der Waals surface area contributed by atoms with E-state index < -0.39 is 0 Å². The van der Waals surface area contributed by atoms with E-state index in [9.17, 15) is 0 Å². The van der Waals surface area contributed by atoms with Crippen molar-refractivity contribution in [2.24, 2.45) is 11.3 Å². The highest BCUT2D eigenvalue weighted by atomic mass is 15.2. The minimum atomic E-state index is 0.582. The Morgan fingerprint density at radius 3 is 2.30 bits per heavy atom. The number of hydrogen-bond donors (Lipinski definition) is 1. The molecule has 2 rings (SSSR count). The first-order chi connectivity index (χ1) is 9.46. The molecule has 1 N–H and O–H groups in total. The molecule has 0 saturated heterocycles. The number of nitrogens with one attached hydrogen (secondary N) is 1. The first kappa shape index (κ1) is 16.3. The third-order valence-corrected chi connectivity index (χ3v) is 6.28. The zero-order chi connectivity index (χ0) is 14.8.